The summed E-state index contributed by atoms with van der Waals surface area (Å²) >= 11 is 0. The predicted molar refractivity (Wildman–Crippen MR) is 96.6 cm³/mol. The van der Waals surface area contributed by atoms with Crippen LogP contribution in [0, 0.1) is 0 Å². The molecule has 0 fully saturated rings. The Labute approximate surface area is 142 Å². The molecular formula is C19H23N3O2. The third-order valence-corrected chi connectivity index (χ3v) is 3.83. The molecule has 0 atom stereocenters. The third-order valence-electron chi connectivity index (χ3n) is 3.83. The largest absolute Gasteiger partial charge is 0.478 e. The van der Waals surface area contributed by atoms with Crippen molar-refractivity contribution in [3.8, 4) is 0 Å². The monoisotopic (exact) mass is 325 g/mol. The van der Waals surface area contributed by atoms with Crippen LogP contribution in [0.4, 0.5) is 17.1 Å². The molecule has 126 valence electrons. The molecular weight excluding hydrogens is 302 g/mol. The second-order valence-corrected chi connectivity index (χ2v) is 6.38. The molecule has 0 bridgehead atoms. The van der Waals surface area contributed by atoms with Crippen LogP contribution in [-0.2, 0) is 0 Å². The molecule has 0 radical (unpaired) electrons. The Hall–Kier alpha value is -2.69. The van der Waals surface area contributed by atoms with Crippen LogP contribution in [0.5, 0.6) is 0 Å². The number of azo groups is 1. The highest BCUT2D eigenvalue weighted by Crippen LogP contribution is 2.38. The van der Waals surface area contributed by atoms with Crippen molar-refractivity contribution < 1.29 is 9.90 Å². The predicted octanol–water partition coefficient (Wildman–Crippen LogP) is 5.63. The first kappa shape index (κ1) is 17.7. The minimum Gasteiger partial charge on any atom is -0.478 e. The lowest BCUT2D eigenvalue weighted by Gasteiger charge is -2.17. The molecule has 0 aliphatic heterocycles. The molecule has 0 spiro atoms. The van der Waals surface area contributed by atoms with Crippen LogP contribution in [0.3, 0.4) is 0 Å². The van der Waals surface area contributed by atoms with E-state index >= 15 is 0 Å². The summed E-state index contributed by atoms with van der Waals surface area (Å²) in [7, 11) is 0. The Morgan fingerprint density at radius 2 is 1.54 bits per heavy atom. The molecule has 0 heterocycles. The van der Waals surface area contributed by atoms with E-state index in [-0.39, 0.29) is 17.4 Å². The minimum atomic E-state index is -1.02. The Morgan fingerprint density at radius 3 is 2.04 bits per heavy atom. The molecule has 2 aromatic rings. The summed E-state index contributed by atoms with van der Waals surface area (Å²) in [4.78, 5) is 11.3. The average molecular weight is 325 g/mol. The fourth-order valence-corrected chi connectivity index (χ4v) is 2.55. The molecule has 0 unspecified atom stereocenters. The molecule has 3 N–H and O–H groups in total. The highest BCUT2D eigenvalue weighted by Gasteiger charge is 2.16. The first-order valence-electron chi connectivity index (χ1n) is 7.98. The van der Waals surface area contributed by atoms with E-state index in [1.165, 1.54) is 6.07 Å². The van der Waals surface area contributed by atoms with E-state index in [2.05, 4.69) is 37.9 Å². The summed E-state index contributed by atoms with van der Waals surface area (Å²) in [6.45, 7) is 8.29. The number of carbonyl (C=O) groups is 1. The summed E-state index contributed by atoms with van der Waals surface area (Å²) in [6, 6.07) is 10.4. The minimum absolute atomic E-state index is 0.133. The van der Waals surface area contributed by atoms with Gasteiger partial charge >= 0.3 is 5.97 Å². The number of anilines is 1. The molecule has 2 aromatic carbocycles. The molecule has 5 heteroatoms. The Morgan fingerprint density at radius 1 is 1.00 bits per heavy atom. The van der Waals surface area contributed by atoms with Gasteiger partial charge in [-0.25, -0.2) is 4.79 Å². The molecule has 0 aliphatic rings. The van der Waals surface area contributed by atoms with Gasteiger partial charge in [-0.3, -0.25) is 0 Å². The molecule has 5 nitrogen and oxygen atoms in total. The first-order valence-corrected chi connectivity index (χ1v) is 7.98. The molecule has 0 aliphatic carbocycles. The first-order chi connectivity index (χ1) is 11.3. The number of aromatic carboxylic acids is 1. The smallest absolute Gasteiger partial charge is 0.337 e. The number of carboxylic acids is 1. The number of rotatable bonds is 5. The van der Waals surface area contributed by atoms with Crippen LogP contribution < -0.4 is 5.73 Å². The van der Waals surface area contributed by atoms with Gasteiger partial charge in [0.1, 0.15) is 5.69 Å². The summed E-state index contributed by atoms with van der Waals surface area (Å²) in [5, 5.41) is 17.9. The number of carboxylic acid groups (broad SMARTS) is 1. The van der Waals surface area contributed by atoms with Gasteiger partial charge in [-0.1, -0.05) is 39.8 Å². The van der Waals surface area contributed by atoms with Crippen LogP contribution in [0.1, 0.15) is 61.0 Å². The molecule has 0 amide bonds. The van der Waals surface area contributed by atoms with Gasteiger partial charge in [0.05, 0.1) is 11.3 Å². The van der Waals surface area contributed by atoms with E-state index in [1.54, 1.807) is 18.2 Å². The Kier molecular flexibility index (Phi) is 5.34. The van der Waals surface area contributed by atoms with Crippen molar-refractivity contribution in [3.05, 3.63) is 53.1 Å². The van der Waals surface area contributed by atoms with Crippen LogP contribution in [0.25, 0.3) is 0 Å². The summed E-state index contributed by atoms with van der Waals surface area (Å²) in [5.41, 5.74) is 9.99. The van der Waals surface area contributed by atoms with Gasteiger partial charge in [0.15, 0.2) is 0 Å². The standard InChI is InChI=1S/C19H23N3O2/c1-11(2)15-9-13(20)10-16(12(3)4)18(15)22-21-17-8-6-5-7-14(17)19(23)24/h5-12H,20H2,1-4H3,(H,23,24). The molecule has 2 rings (SSSR count). The van der Waals surface area contributed by atoms with Crippen LogP contribution in [0.2, 0.25) is 0 Å². The van der Waals surface area contributed by atoms with Crippen molar-refractivity contribution in [1.82, 2.24) is 0 Å². The zero-order valence-electron chi connectivity index (χ0n) is 14.4. The zero-order chi connectivity index (χ0) is 17.9. The van der Waals surface area contributed by atoms with Gasteiger partial charge in [-0.05, 0) is 47.2 Å². The highest BCUT2D eigenvalue weighted by atomic mass is 16.4. The van der Waals surface area contributed by atoms with Crippen molar-refractivity contribution in [2.45, 2.75) is 39.5 Å². The van der Waals surface area contributed by atoms with E-state index in [0.29, 0.717) is 11.4 Å². The van der Waals surface area contributed by atoms with Crippen LogP contribution in [0.15, 0.2) is 46.6 Å². The van der Waals surface area contributed by atoms with Gasteiger partial charge in [0.25, 0.3) is 0 Å². The molecule has 0 saturated carbocycles. The van der Waals surface area contributed by atoms with E-state index in [4.69, 9.17) is 5.73 Å². The Bertz CT molecular complexity index is 751. The number of hydrogen-bond acceptors (Lipinski definition) is 4. The zero-order valence-corrected chi connectivity index (χ0v) is 14.4. The average Bonchev–Trinajstić information content (AvgIpc) is 2.52. The Balaban J connectivity index is 2.59. The highest BCUT2D eigenvalue weighted by molar-refractivity contribution is 5.93. The van der Waals surface area contributed by atoms with Crippen LogP contribution >= 0.6 is 0 Å². The fourth-order valence-electron chi connectivity index (χ4n) is 2.55. The number of nitrogen functional groups attached to an aromatic ring is 1. The topological polar surface area (TPSA) is 88.0 Å². The second-order valence-electron chi connectivity index (χ2n) is 6.38. The SMILES string of the molecule is CC(C)c1cc(N)cc(C(C)C)c1N=Nc1ccccc1C(=O)O. The van der Waals surface area contributed by atoms with Gasteiger partial charge < -0.3 is 10.8 Å². The van der Waals surface area contributed by atoms with Gasteiger partial charge in [0.2, 0.25) is 0 Å². The number of nitrogens with two attached hydrogens (primary N) is 1. The van der Waals surface area contributed by atoms with Crippen molar-refractivity contribution >= 4 is 23.0 Å². The van der Waals surface area contributed by atoms with Crippen molar-refractivity contribution in [3.63, 3.8) is 0 Å². The van der Waals surface area contributed by atoms with Crippen molar-refractivity contribution in [1.29, 1.82) is 0 Å². The molecule has 0 aromatic heterocycles. The van der Waals surface area contributed by atoms with Gasteiger partial charge in [-0.2, -0.15) is 0 Å². The van der Waals surface area contributed by atoms with Crippen LogP contribution in [-0.4, -0.2) is 11.1 Å². The maximum Gasteiger partial charge on any atom is 0.337 e. The third kappa shape index (κ3) is 3.79. The maximum absolute atomic E-state index is 11.3. The summed E-state index contributed by atoms with van der Waals surface area (Å²) in [6.07, 6.45) is 0. The second kappa shape index (κ2) is 7.25. The lowest BCUT2D eigenvalue weighted by Crippen LogP contribution is -1.99. The lowest BCUT2D eigenvalue weighted by atomic mass is 9.92. The van der Waals surface area contributed by atoms with Crippen molar-refractivity contribution in [2.75, 3.05) is 5.73 Å². The lowest BCUT2D eigenvalue weighted by molar-refractivity contribution is 0.0697. The summed E-state index contributed by atoms with van der Waals surface area (Å²) in [5.74, 6) is -0.556. The number of nitrogens with zero attached hydrogens (tertiary/aromatic N) is 2. The maximum atomic E-state index is 11.3. The van der Waals surface area contributed by atoms with E-state index < -0.39 is 5.97 Å². The van der Waals surface area contributed by atoms with E-state index in [9.17, 15) is 9.90 Å². The van der Waals surface area contributed by atoms with Gasteiger partial charge in [0, 0.05) is 5.69 Å². The quantitative estimate of drug-likeness (QED) is 0.551. The van der Waals surface area contributed by atoms with E-state index in [0.717, 1.165) is 16.8 Å². The van der Waals surface area contributed by atoms with Crippen molar-refractivity contribution in [2.24, 2.45) is 10.2 Å². The normalized spacial score (nSPS) is 11.6. The fraction of sp³-hybridized carbons (Fsp3) is 0.316. The van der Waals surface area contributed by atoms with E-state index in [1.807, 2.05) is 12.1 Å². The number of benzene rings is 2. The summed E-state index contributed by atoms with van der Waals surface area (Å²) < 4.78 is 0. The number of hydrogen-bond donors (Lipinski definition) is 2. The molecule has 24 heavy (non-hydrogen) atoms. The molecule has 0 saturated heterocycles. The van der Waals surface area contributed by atoms with Gasteiger partial charge in [-0.15, -0.1) is 10.2 Å².